The van der Waals surface area contributed by atoms with Gasteiger partial charge in [-0.1, -0.05) is 24.8 Å². The summed E-state index contributed by atoms with van der Waals surface area (Å²) in [5, 5.41) is 2.21. The van der Waals surface area contributed by atoms with Gasteiger partial charge in [-0.15, -0.1) is 0 Å². The van der Waals surface area contributed by atoms with Gasteiger partial charge in [0.15, 0.2) is 0 Å². The third-order valence-corrected chi connectivity index (χ3v) is 2.58. The molecule has 0 saturated carbocycles. The van der Waals surface area contributed by atoms with E-state index < -0.39 is 0 Å². The molecule has 17 heavy (non-hydrogen) atoms. The predicted molar refractivity (Wildman–Crippen MR) is 70.9 cm³/mol. The van der Waals surface area contributed by atoms with E-state index in [9.17, 15) is 4.79 Å². The first-order chi connectivity index (χ1) is 8.17. The van der Waals surface area contributed by atoms with Crippen molar-refractivity contribution in [3.8, 4) is 0 Å². The quantitative estimate of drug-likeness (QED) is 0.743. The molecule has 0 aliphatic carbocycles. The molecule has 0 saturated heterocycles. The van der Waals surface area contributed by atoms with E-state index in [2.05, 4.69) is 6.58 Å². The summed E-state index contributed by atoms with van der Waals surface area (Å²) >= 11 is 0. The lowest BCUT2D eigenvalue weighted by atomic mass is 10.1. The minimum atomic E-state index is -0.383. The summed E-state index contributed by atoms with van der Waals surface area (Å²) in [5.74, 6) is 0. The van der Waals surface area contributed by atoms with Gasteiger partial charge in [-0.2, -0.15) is 0 Å². The molecule has 0 aliphatic heterocycles. The molecule has 0 fully saturated rings. The molecule has 2 rings (SSSR count). The minimum Gasteiger partial charge on any atom is -0.422 e. The van der Waals surface area contributed by atoms with Gasteiger partial charge >= 0.3 is 5.63 Å². The van der Waals surface area contributed by atoms with Crippen molar-refractivity contribution in [1.29, 1.82) is 0 Å². The highest BCUT2D eigenvalue weighted by atomic mass is 16.4. The van der Waals surface area contributed by atoms with Crippen LogP contribution in [0.25, 0.3) is 22.9 Å². The Kier molecular flexibility index (Phi) is 2.83. The number of nitrogen functional groups attached to an aromatic ring is 1. The molecule has 0 spiro atoms. The smallest absolute Gasteiger partial charge is 0.344 e. The van der Waals surface area contributed by atoms with Crippen molar-refractivity contribution in [2.75, 3.05) is 5.73 Å². The van der Waals surface area contributed by atoms with Crippen LogP contribution in [-0.2, 0) is 0 Å². The van der Waals surface area contributed by atoms with Gasteiger partial charge in [0.1, 0.15) is 5.42 Å². The molecule has 0 atom stereocenters. The molecule has 3 nitrogen and oxygen atoms in total. The molecule has 0 amide bonds. The first kappa shape index (κ1) is 11.2. The number of nitrogens with two attached hydrogens (primary N) is 1. The fourth-order valence-electron chi connectivity index (χ4n) is 1.84. The lowest BCUT2D eigenvalue weighted by Gasteiger charge is -1.99. The molecular formula is C14H13NO2. The lowest BCUT2D eigenvalue weighted by molar-refractivity contribution is 0.482. The Morgan fingerprint density at radius 2 is 2.12 bits per heavy atom. The normalized spacial score (nSPS) is 13.2. The van der Waals surface area contributed by atoms with Crippen molar-refractivity contribution in [2.24, 2.45) is 0 Å². The highest BCUT2D eigenvalue weighted by Gasteiger charge is 2.03. The predicted octanol–water partition coefficient (Wildman–Crippen LogP) is 1.14. The fourth-order valence-corrected chi connectivity index (χ4v) is 1.84. The Hall–Kier alpha value is -2.29. The maximum Gasteiger partial charge on any atom is 0.344 e. The molecule has 3 heteroatoms. The van der Waals surface area contributed by atoms with Gasteiger partial charge in [-0.25, -0.2) is 4.79 Å². The topological polar surface area (TPSA) is 56.2 Å². The van der Waals surface area contributed by atoms with Gasteiger partial charge in [0, 0.05) is 10.9 Å². The van der Waals surface area contributed by atoms with E-state index in [1.54, 1.807) is 24.3 Å². The summed E-state index contributed by atoms with van der Waals surface area (Å²) in [6.45, 7) is 5.50. The number of hydrogen-bond donors (Lipinski definition) is 1. The molecule has 1 aromatic heterocycles. The largest absolute Gasteiger partial charge is 0.422 e. The van der Waals surface area contributed by atoms with Gasteiger partial charge in [-0.3, -0.25) is 0 Å². The van der Waals surface area contributed by atoms with Crippen molar-refractivity contribution in [1.82, 2.24) is 0 Å². The zero-order valence-electron chi connectivity index (χ0n) is 9.57. The average molecular weight is 227 g/mol. The third-order valence-electron chi connectivity index (χ3n) is 2.58. The zero-order chi connectivity index (χ0) is 12.4. The van der Waals surface area contributed by atoms with Crippen molar-refractivity contribution in [3.05, 3.63) is 51.9 Å². The Labute approximate surface area is 98.2 Å². The Balaban J connectivity index is 3.14. The van der Waals surface area contributed by atoms with Gasteiger partial charge in [0.25, 0.3) is 0 Å². The van der Waals surface area contributed by atoms with Crippen LogP contribution in [0.5, 0.6) is 0 Å². The van der Waals surface area contributed by atoms with Crippen LogP contribution in [0, 0.1) is 0 Å². The van der Waals surface area contributed by atoms with Crippen LogP contribution in [0.3, 0.4) is 0 Å². The molecule has 0 radical (unpaired) electrons. The van der Waals surface area contributed by atoms with E-state index in [1.807, 2.05) is 19.1 Å². The molecule has 0 unspecified atom stereocenters. The van der Waals surface area contributed by atoms with Gasteiger partial charge in [0.05, 0.1) is 5.39 Å². The number of hydrogen-bond acceptors (Lipinski definition) is 3. The summed E-state index contributed by atoms with van der Waals surface area (Å²) in [7, 11) is 0. The van der Waals surface area contributed by atoms with Gasteiger partial charge in [-0.05, 0) is 30.5 Å². The summed E-state index contributed by atoms with van der Waals surface area (Å²) in [6.07, 6.45) is 5.16. The minimum absolute atomic E-state index is 0.383. The molecule has 86 valence electrons. The first-order valence-corrected chi connectivity index (χ1v) is 5.29. The summed E-state index contributed by atoms with van der Waals surface area (Å²) < 4.78 is 5.24. The second-order valence-corrected chi connectivity index (χ2v) is 3.66. The third kappa shape index (κ3) is 1.87. The number of benzene rings is 1. The van der Waals surface area contributed by atoms with Crippen LogP contribution in [0.15, 0.2) is 40.1 Å². The number of rotatable bonds is 1. The zero-order valence-corrected chi connectivity index (χ0v) is 9.57. The summed E-state index contributed by atoms with van der Waals surface area (Å²) in [6, 6.07) is 5.23. The number of anilines is 1. The van der Waals surface area contributed by atoms with Crippen LogP contribution in [-0.4, -0.2) is 0 Å². The first-order valence-electron chi connectivity index (χ1n) is 5.29. The van der Waals surface area contributed by atoms with Crippen molar-refractivity contribution in [2.45, 2.75) is 6.92 Å². The number of allylic oxidation sites excluding steroid dienone is 1. The monoisotopic (exact) mass is 227 g/mol. The molecule has 2 aromatic rings. The van der Waals surface area contributed by atoms with Gasteiger partial charge in [0.2, 0.25) is 0 Å². The fraction of sp³-hybridized carbons (Fsp3) is 0.0714. The van der Waals surface area contributed by atoms with Crippen LogP contribution in [0.4, 0.5) is 5.69 Å². The number of fused-ring (bicyclic) bond motifs is 1. The van der Waals surface area contributed by atoms with Crippen LogP contribution < -0.4 is 22.0 Å². The Morgan fingerprint density at radius 1 is 1.35 bits per heavy atom. The van der Waals surface area contributed by atoms with Crippen molar-refractivity contribution >= 4 is 28.6 Å². The van der Waals surface area contributed by atoms with E-state index in [0.717, 1.165) is 10.6 Å². The average Bonchev–Trinajstić information content (AvgIpc) is 2.31. The highest BCUT2D eigenvalue weighted by molar-refractivity contribution is 5.85. The van der Waals surface area contributed by atoms with Gasteiger partial charge < -0.3 is 10.2 Å². The Bertz CT molecular complexity index is 754. The molecule has 0 bridgehead atoms. The summed E-state index contributed by atoms with van der Waals surface area (Å²) in [5.41, 5.74) is 6.35. The molecule has 1 aromatic carbocycles. The summed E-state index contributed by atoms with van der Waals surface area (Å²) in [4.78, 5) is 11.8. The standard InChI is InChI=1S/C14H13NO2/c1-3-5-13-10(4-2)11-7-6-9(15)8-12(11)14(16)17-13/h3-8H,1,15H2,2H3/b10-4-,13-5+. The van der Waals surface area contributed by atoms with E-state index in [4.69, 9.17) is 10.2 Å². The maximum absolute atomic E-state index is 11.8. The van der Waals surface area contributed by atoms with Crippen molar-refractivity contribution < 1.29 is 4.42 Å². The lowest BCUT2D eigenvalue weighted by Crippen LogP contribution is -2.29. The van der Waals surface area contributed by atoms with E-state index in [0.29, 0.717) is 16.5 Å². The molecule has 0 aliphatic rings. The van der Waals surface area contributed by atoms with Crippen LogP contribution >= 0.6 is 0 Å². The second-order valence-electron chi connectivity index (χ2n) is 3.66. The van der Waals surface area contributed by atoms with E-state index >= 15 is 0 Å². The molecular weight excluding hydrogens is 214 g/mol. The Morgan fingerprint density at radius 3 is 2.76 bits per heavy atom. The molecule has 1 heterocycles. The molecule has 2 N–H and O–H groups in total. The van der Waals surface area contributed by atoms with Crippen LogP contribution in [0.1, 0.15) is 6.92 Å². The van der Waals surface area contributed by atoms with Crippen molar-refractivity contribution in [3.63, 3.8) is 0 Å². The second kappa shape index (κ2) is 4.29. The highest BCUT2D eigenvalue weighted by Crippen LogP contribution is 2.09. The maximum atomic E-state index is 11.8. The van der Waals surface area contributed by atoms with E-state index in [-0.39, 0.29) is 5.63 Å². The SMILES string of the molecule is C=C/C=c1/oc(=O)c2cc(N)ccc2/c1=C/C. The van der Waals surface area contributed by atoms with Crippen LogP contribution in [0.2, 0.25) is 0 Å². The van der Waals surface area contributed by atoms with E-state index in [1.165, 1.54) is 0 Å².